The number of benzene rings is 1. The summed E-state index contributed by atoms with van der Waals surface area (Å²) in [6.07, 6.45) is 0.600. The van der Waals surface area contributed by atoms with E-state index in [9.17, 15) is 14.4 Å². The number of fused-ring (bicyclic) bond motifs is 1. The van der Waals surface area contributed by atoms with Gasteiger partial charge in [-0.1, -0.05) is 18.2 Å². The Hall–Kier alpha value is -2.57. The average molecular weight is 289 g/mol. The minimum Gasteiger partial charge on any atom is -0.493 e. The van der Waals surface area contributed by atoms with Crippen LogP contribution in [0.2, 0.25) is 0 Å². The van der Waals surface area contributed by atoms with Crippen LogP contribution in [0.15, 0.2) is 24.3 Å². The van der Waals surface area contributed by atoms with Crippen LogP contribution in [0.25, 0.3) is 0 Å². The van der Waals surface area contributed by atoms with Crippen molar-refractivity contribution < 1.29 is 19.1 Å². The van der Waals surface area contributed by atoms with Gasteiger partial charge in [0.05, 0.1) is 19.1 Å². The fraction of sp³-hybridized carbons (Fsp3) is 0.357. The zero-order valence-corrected chi connectivity index (χ0v) is 11.2. The lowest BCUT2D eigenvalue weighted by Gasteiger charge is -2.26. The Labute approximate surface area is 121 Å². The Morgan fingerprint density at radius 3 is 2.90 bits per heavy atom. The first kappa shape index (κ1) is 13.4. The highest BCUT2D eigenvalue weighted by atomic mass is 16.5. The van der Waals surface area contributed by atoms with Crippen molar-refractivity contribution in [1.29, 1.82) is 0 Å². The van der Waals surface area contributed by atoms with Crippen LogP contribution < -0.4 is 20.7 Å². The molecular formula is C14H15N3O4. The number of hydrogen-bond donors (Lipinski definition) is 3. The molecule has 0 aliphatic carbocycles. The molecule has 1 fully saturated rings. The van der Waals surface area contributed by atoms with Crippen LogP contribution in [-0.4, -0.2) is 30.5 Å². The number of nitrogens with one attached hydrogen (secondary N) is 3. The number of urea groups is 1. The maximum absolute atomic E-state index is 12.0. The topological polar surface area (TPSA) is 96.5 Å². The first-order chi connectivity index (χ1) is 10.1. The fourth-order valence-electron chi connectivity index (χ4n) is 2.53. The Balaban J connectivity index is 1.63. The zero-order chi connectivity index (χ0) is 14.8. The van der Waals surface area contributed by atoms with E-state index in [0.29, 0.717) is 13.0 Å². The van der Waals surface area contributed by atoms with E-state index in [1.165, 1.54) is 0 Å². The quantitative estimate of drug-likeness (QED) is 0.694. The summed E-state index contributed by atoms with van der Waals surface area (Å²) in [5, 5.41) is 7.40. The van der Waals surface area contributed by atoms with Crippen LogP contribution in [0.3, 0.4) is 0 Å². The molecule has 7 heteroatoms. The number of carbonyl (C=O) groups excluding carboxylic acids is 3. The number of carbonyl (C=O) groups is 3. The van der Waals surface area contributed by atoms with Crippen LogP contribution in [-0.2, 0) is 9.59 Å². The molecule has 0 radical (unpaired) electrons. The van der Waals surface area contributed by atoms with Gasteiger partial charge in [-0.05, 0) is 6.07 Å². The van der Waals surface area contributed by atoms with Gasteiger partial charge in [-0.25, -0.2) is 4.79 Å². The van der Waals surface area contributed by atoms with E-state index < -0.39 is 18.0 Å². The fourth-order valence-corrected chi connectivity index (χ4v) is 2.53. The highest BCUT2D eigenvalue weighted by Crippen LogP contribution is 2.31. The smallest absolute Gasteiger partial charge is 0.322 e. The van der Waals surface area contributed by atoms with Gasteiger partial charge in [0.1, 0.15) is 11.8 Å². The maximum Gasteiger partial charge on any atom is 0.322 e. The number of rotatable bonds is 3. The molecule has 0 aromatic heterocycles. The van der Waals surface area contributed by atoms with Crippen LogP contribution in [0.5, 0.6) is 5.75 Å². The van der Waals surface area contributed by atoms with Crippen molar-refractivity contribution in [3.8, 4) is 5.75 Å². The summed E-state index contributed by atoms with van der Waals surface area (Å²) >= 11 is 0. The van der Waals surface area contributed by atoms with Crippen molar-refractivity contribution >= 4 is 17.8 Å². The Morgan fingerprint density at radius 2 is 2.14 bits per heavy atom. The molecule has 2 heterocycles. The molecule has 1 saturated heterocycles. The maximum atomic E-state index is 12.0. The van der Waals surface area contributed by atoms with E-state index in [2.05, 4.69) is 16.0 Å². The van der Waals surface area contributed by atoms with E-state index in [1.54, 1.807) is 0 Å². The molecule has 7 nitrogen and oxygen atoms in total. The van der Waals surface area contributed by atoms with Crippen LogP contribution in [0.1, 0.15) is 24.4 Å². The molecule has 0 unspecified atom stereocenters. The lowest BCUT2D eigenvalue weighted by Crippen LogP contribution is -2.38. The van der Waals surface area contributed by atoms with Gasteiger partial charge in [-0.2, -0.15) is 0 Å². The van der Waals surface area contributed by atoms with Gasteiger partial charge >= 0.3 is 6.03 Å². The van der Waals surface area contributed by atoms with Crippen LogP contribution in [0, 0.1) is 0 Å². The van der Waals surface area contributed by atoms with E-state index >= 15 is 0 Å². The molecule has 2 atom stereocenters. The minimum absolute atomic E-state index is 0.0723. The molecule has 3 rings (SSSR count). The van der Waals surface area contributed by atoms with Gasteiger partial charge in [0.2, 0.25) is 5.91 Å². The number of imide groups is 1. The van der Waals surface area contributed by atoms with Gasteiger partial charge in [-0.3, -0.25) is 14.9 Å². The Bertz CT molecular complexity index is 602. The summed E-state index contributed by atoms with van der Waals surface area (Å²) in [5.41, 5.74) is 0.928. The van der Waals surface area contributed by atoms with Crippen molar-refractivity contribution in [2.75, 3.05) is 6.61 Å². The zero-order valence-electron chi connectivity index (χ0n) is 11.2. The van der Waals surface area contributed by atoms with Gasteiger partial charge < -0.3 is 15.4 Å². The molecular weight excluding hydrogens is 274 g/mol. The summed E-state index contributed by atoms with van der Waals surface area (Å²) in [6.45, 7) is 0.530. The lowest BCUT2D eigenvalue weighted by atomic mass is 10.00. The van der Waals surface area contributed by atoms with E-state index in [1.807, 2.05) is 24.3 Å². The average Bonchev–Trinajstić information content (AvgIpc) is 2.77. The van der Waals surface area contributed by atoms with Crippen molar-refractivity contribution in [3.63, 3.8) is 0 Å². The molecule has 4 amide bonds. The third-order valence-corrected chi connectivity index (χ3v) is 3.54. The highest BCUT2D eigenvalue weighted by Gasteiger charge is 2.32. The van der Waals surface area contributed by atoms with Crippen molar-refractivity contribution in [3.05, 3.63) is 29.8 Å². The SMILES string of the molecule is O=C(C[C@@H]1NC(=O)NC1=O)N[C@H]1CCOc2ccccc21. The molecule has 3 N–H and O–H groups in total. The second-order valence-electron chi connectivity index (χ2n) is 5.01. The van der Waals surface area contributed by atoms with Crippen LogP contribution in [0.4, 0.5) is 4.79 Å². The number of amides is 4. The van der Waals surface area contributed by atoms with Crippen molar-refractivity contribution in [2.24, 2.45) is 0 Å². The molecule has 1 aromatic carbocycles. The number of ether oxygens (including phenoxy) is 1. The molecule has 21 heavy (non-hydrogen) atoms. The predicted octanol–water partition coefficient (Wildman–Crippen LogP) is 0.225. The van der Waals surface area contributed by atoms with Crippen molar-refractivity contribution in [2.45, 2.75) is 24.9 Å². The second-order valence-corrected chi connectivity index (χ2v) is 5.01. The summed E-state index contributed by atoms with van der Waals surface area (Å²) in [4.78, 5) is 34.5. The normalized spacial score (nSPS) is 23.6. The summed E-state index contributed by atoms with van der Waals surface area (Å²) < 4.78 is 5.53. The van der Waals surface area contributed by atoms with Gasteiger partial charge in [-0.15, -0.1) is 0 Å². The molecule has 0 bridgehead atoms. The van der Waals surface area contributed by atoms with E-state index in [4.69, 9.17) is 4.74 Å². The second kappa shape index (κ2) is 5.43. The molecule has 2 aliphatic heterocycles. The Morgan fingerprint density at radius 1 is 1.33 bits per heavy atom. The summed E-state index contributed by atoms with van der Waals surface area (Å²) in [5.74, 6) is 0.0162. The third kappa shape index (κ3) is 2.81. The molecule has 2 aliphatic rings. The first-order valence-electron chi connectivity index (χ1n) is 6.76. The molecule has 1 aromatic rings. The molecule has 0 spiro atoms. The van der Waals surface area contributed by atoms with Gasteiger partial charge in [0.15, 0.2) is 0 Å². The minimum atomic E-state index is -0.799. The number of para-hydroxylation sites is 1. The third-order valence-electron chi connectivity index (χ3n) is 3.54. The Kier molecular flexibility index (Phi) is 3.47. The van der Waals surface area contributed by atoms with Crippen molar-refractivity contribution in [1.82, 2.24) is 16.0 Å². The highest BCUT2D eigenvalue weighted by molar-refractivity contribution is 6.05. The molecule has 110 valence electrons. The summed E-state index contributed by atoms with van der Waals surface area (Å²) in [6, 6.07) is 6.03. The van der Waals surface area contributed by atoms with Gasteiger partial charge in [0.25, 0.3) is 5.91 Å². The monoisotopic (exact) mass is 289 g/mol. The first-order valence-corrected chi connectivity index (χ1v) is 6.76. The van der Waals surface area contributed by atoms with Crippen LogP contribution >= 0.6 is 0 Å². The largest absolute Gasteiger partial charge is 0.493 e. The lowest BCUT2D eigenvalue weighted by molar-refractivity contribution is -0.127. The predicted molar refractivity (Wildman–Crippen MR) is 72.5 cm³/mol. The molecule has 0 saturated carbocycles. The van der Waals surface area contributed by atoms with E-state index in [-0.39, 0.29) is 18.4 Å². The standard InChI is InChI=1S/C14H15N3O4/c18-12(7-10-13(19)17-14(20)16-10)15-9-5-6-21-11-4-2-1-3-8(9)11/h1-4,9-10H,5-7H2,(H,15,18)(H2,16,17,19,20)/t9-,10-/m0/s1. The summed E-state index contributed by atoms with van der Waals surface area (Å²) in [7, 11) is 0. The van der Waals surface area contributed by atoms with Gasteiger partial charge in [0, 0.05) is 12.0 Å². The van der Waals surface area contributed by atoms with E-state index in [0.717, 1.165) is 11.3 Å². The number of hydrogen-bond acceptors (Lipinski definition) is 4.